The lowest BCUT2D eigenvalue weighted by Gasteiger charge is -2.03. The standard InChI is InChI=1S/C11H20O2/c1-3-4-5-6-7-10-8-9(2)13-11(10)12/h9-10H,3-8H2,1-2H3/t9-,10+/m0/s1. The van der Waals surface area contributed by atoms with E-state index in [2.05, 4.69) is 6.92 Å². The number of ether oxygens (including phenoxy) is 1. The Morgan fingerprint density at radius 3 is 2.69 bits per heavy atom. The van der Waals surface area contributed by atoms with Gasteiger partial charge in [-0.1, -0.05) is 32.6 Å². The fourth-order valence-electron chi connectivity index (χ4n) is 1.89. The maximum absolute atomic E-state index is 11.2. The van der Waals surface area contributed by atoms with Crippen LogP contribution in [-0.2, 0) is 9.53 Å². The van der Waals surface area contributed by atoms with Crippen LogP contribution < -0.4 is 0 Å². The van der Waals surface area contributed by atoms with Crippen molar-refractivity contribution < 1.29 is 9.53 Å². The van der Waals surface area contributed by atoms with Gasteiger partial charge in [-0.05, 0) is 19.8 Å². The molecule has 0 saturated carbocycles. The van der Waals surface area contributed by atoms with Gasteiger partial charge in [0.15, 0.2) is 0 Å². The summed E-state index contributed by atoms with van der Waals surface area (Å²) in [6.45, 7) is 4.18. The molecule has 1 rings (SSSR count). The zero-order valence-corrected chi connectivity index (χ0v) is 8.71. The largest absolute Gasteiger partial charge is 0.462 e. The molecule has 0 aromatic carbocycles. The lowest BCUT2D eigenvalue weighted by molar-refractivity contribution is -0.143. The van der Waals surface area contributed by atoms with Crippen LogP contribution in [0.4, 0.5) is 0 Å². The fourth-order valence-corrected chi connectivity index (χ4v) is 1.89. The van der Waals surface area contributed by atoms with E-state index >= 15 is 0 Å². The molecule has 0 unspecified atom stereocenters. The second-order valence-electron chi connectivity index (χ2n) is 4.03. The highest BCUT2D eigenvalue weighted by molar-refractivity contribution is 5.74. The molecule has 1 aliphatic rings. The maximum atomic E-state index is 11.2. The normalized spacial score (nSPS) is 27.7. The molecule has 76 valence electrons. The minimum Gasteiger partial charge on any atom is -0.462 e. The van der Waals surface area contributed by atoms with E-state index in [1.807, 2.05) is 6.92 Å². The summed E-state index contributed by atoms with van der Waals surface area (Å²) in [6, 6.07) is 0. The Hall–Kier alpha value is -0.530. The minimum atomic E-state index is 0.0315. The van der Waals surface area contributed by atoms with Gasteiger partial charge in [0.1, 0.15) is 0 Å². The summed E-state index contributed by atoms with van der Waals surface area (Å²) in [5.41, 5.74) is 0. The Morgan fingerprint density at radius 2 is 2.15 bits per heavy atom. The first-order chi connectivity index (χ1) is 6.24. The zero-order chi connectivity index (χ0) is 9.68. The number of rotatable bonds is 5. The molecule has 0 amide bonds. The summed E-state index contributed by atoms with van der Waals surface area (Å²) in [5, 5.41) is 0. The van der Waals surface area contributed by atoms with Crippen LogP contribution in [0.1, 0.15) is 52.4 Å². The van der Waals surface area contributed by atoms with Crippen molar-refractivity contribution in [2.24, 2.45) is 5.92 Å². The van der Waals surface area contributed by atoms with E-state index in [-0.39, 0.29) is 18.0 Å². The first-order valence-electron chi connectivity index (χ1n) is 5.44. The molecule has 2 nitrogen and oxygen atoms in total. The summed E-state index contributed by atoms with van der Waals surface area (Å²) in [5.74, 6) is 0.232. The molecule has 0 bridgehead atoms. The molecule has 2 atom stereocenters. The van der Waals surface area contributed by atoms with Crippen LogP contribution in [-0.4, -0.2) is 12.1 Å². The van der Waals surface area contributed by atoms with Gasteiger partial charge in [0.2, 0.25) is 0 Å². The molecule has 2 heteroatoms. The Bertz CT molecular complexity index is 165. The van der Waals surface area contributed by atoms with Crippen molar-refractivity contribution in [2.45, 2.75) is 58.5 Å². The molecule has 0 aromatic heterocycles. The number of hydrogen-bond acceptors (Lipinski definition) is 2. The van der Waals surface area contributed by atoms with E-state index in [4.69, 9.17) is 4.74 Å². The van der Waals surface area contributed by atoms with Crippen LogP contribution in [0.5, 0.6) is 0 Å². The lowest BCUT2D eigenvalue weighted by Crippen LogP contribution is -2.07. The molecule has 1 heterocycles. The lowest BCUT2D eigenvalue weighted by atomic mass is 9.98. The minimum absolute atomic E-state index is 0.0315. The Labute approximate surface area is 80.7 Å². The van der Waals surface area contributed by atoms with Gasteiger partial charge in [0.25, 0.3) is 0 Å². The monoisotopic (exact) mass is 184 g/mol. The average Bonchev–Trinajstić information content (AvgIpc) is 2.39. The average molecular weight is 184 g/mol. The topological polar surface area (TPSA) is 26.3 Å². The summed E-state index contributed by atoms with van der Waals surface area (Å²) in [6.07, 6.45) is 7.11. The van der Waals surface area contributed by atoms with E-state index in [1.165, 1.54) is 25.7 Å². The quantitative estimate of drug-likeness (QED) is 0.485. The van der Waals surface area contributed by atoms with Crippen LogP contribution >= 0.6 is 0 Å². The second-order valence-corrected chi connectivity index (χ2v) is 4.03. The van der Waals surface area contributed by atoms with Gasteiger partial charge in [-0.25, -0.2) is 0 Å². The van der Waals surface area contributed by atoms with Gasteiger partial charge in [0.05, 0.1) is 12.0 Å². The molecular formula is C11H20O2. The Morgan fingerprint density at radius 1 is 1.38 bits per heavy atom. The highest BCUT2D eigenvalue weighted by Gasteiger charge is 2.30. The van der Waals surface area contributed by atoms with Crippen molar-refractivity contribution in [1.29, 1.82) is 0 Å². The first kappa shape index (κ1) is 10.6. The summed E-state index contributed by atoms with van der Waals surface area (Å²) >= 11 is 0. The molecule has 1 saturated heterocycles. The van der Waals surface area contributed by atoms with Crippen LogP contribution in [0.3, 0.4) is 0 Å². The zero-order valence-electron chi connectivity index (χ0n) is 8.71. The van der Waals surface area contributed by atoms with Gasteiger partial charge in [-0.15, -0.1) is 0 Å². The van der Waals surface area contributed by atoms with E-state index in [0.717, 1.165) is 12.8 Å². The summed E-state index contributed by atoms with van der Waals surface area (Å²) < 4.78 is 5.09. The number of hydrogen-bond donors (Lipinski definition) is 0. The van der Waals surface area contributed by atoms with Crippen molar-refractivity contribution in [1.82, 2.24) is 0 Å². The molecular weight excluding hydrogens is 164 g/mol. The third-order valence-corrected chi connectivity index (χ3v) is 2.67. The van der Waals surface area contributed by atoms with Gasteiger partial charge < -0.3 is 4.74 Å². The van der Waals surface area contributed by atoms with Gasteiger partial charge in [0, 0.05) is 0 Å². The Balaban J connectivity index is 2.11. The smallest absolute Gasteiger partial charge is 0.309 e. The number of carbonyl (C=O) groups is 1. The number of esters is 1. The van der Waals surface area contributed by atoms with Crippen molar-refractivity contribution in [2.75, 3.05) is 0 Å². The van der Waals surface area contributed by atoms with Gasteiger partial charge >= 0.3 is 5.97 Å². The second kappa shape index (κ2) is 5.25. The van der Waals surface area contributed by atoms with Crippen molar-refractivity contribution in [3.8, 4) is 0 Å². The predicted molar refractivity (Wildman–Crippen MR) is 52.4 cm³/mol. The van der Waals surface area contributed by atoms with Crippen LogP contribution in [0.15, 0.2) is 0 Å². The number of unbranched alkanes of at least 4 members (excludes halogenated alkanes) is 3. The summed E-state index contributed by atoms with van der Waals surface area (Å²) in [4.78, 5) is 11.2. The van der Waals surface area contributed by atoms with Crippen LogP contribution in [0.25, 0.3) is 0 Å². The van der Waals surface area contributed by atoms with E-state index < -0.39 is 0 Å². The SMILES string of the molecule is CCCCCC[C@@H]1C[C@H](C)OC1=O. The van der Waals surface area contributed by atoms with Crippen molar-refractivity contribution >= 4 is 5.97 Å². The fraction of sp³-hybridized carbons (Fsp3) is 0.909. The maximum Gasteiger partial charge on any atom is 0.309 e. The summed E-state index contributed by atoms with van der Waals surface area (Å²) in [7, 11) is 0. The predicted octanol–water partition coefficient (Wildman–Crippen LogP) is 2.91. The Kier molecular flexibility index (Phi) is 4.26. The van der Waals surface area contributed by atoms with Crippen molar-refractivity contribution in [3.63, 3.8) is 0 Å². The van der Waals surface area contributed by atoms with E-state index in [9.17, 15) is 4.79 Å². The molecule has 0 spiro atoms. The van der Waals surface area contributed by atoms with Crippen molar-refractivity contribution in [3.05, 3.63) is 0 Å². The van der Waals surface area contributed by atoms with Gasteiger partial charge in [-0.2, -0.15) is 0 Å². The molecule has 0 aromatic rings. The number of carbonyl (C=O) groups excluding carboxylic acids is 1. The van der Waals surface area contributed by atoms with E-state index in [1.54, 1.807) is 0 Å². The number of cyclic esters (lactones) is 1. The molecule has 0 N–H and O–H groups in total. The molecule has 1 aliphatic heterocycles. The molecule has 0 radical (unpaired) electrons. The highest BCUT2D eigenvalue weighted by atomic mass is 16.5. The van der Waals surface area contributed by atoms with Crippen LogP contribution in [0, 0.1) is 5.92 Å². The highest BCUT2D eigenvalue weighted by Crippen LogP contribution is 2.25. The molecule has 1 fully saturated rings. The third-order valence-electron chi connectivity index (χ3n) is 2.67. The third kappa shape index (κ3) is 3.37. The van der Waals surface area contributed by atoms with Crippen LogP contribution in [0.2, 0.25) is 0 Å². The molecule has 13 heavy (non-hydrogen) atoms. The molecule has 0 aliphatic carbocycles. The van der Waals surface area contributed by atoms with Gasteiger partial charge in [-0.3, -0.25) is 4.79 Å². The van der Waals surface area contributed by atoms with E-state index in [0.29, 0.717) is 0 Å². The first-order valence-corrected chi connectivity index (χ1v) is 5.44.